The number of fused-ring (bicyclic) bond motifs is 1. The zero-order valence-electron chi connectivity index (χ0n) is 17.8. The summed E-state index contributed by atoms with van der Waals surface area (Å²) in [6.45, 7) is 4.57. The molecule has 2 N–H and O–H groups in total. The zero-order valence-corrected chi connectivity index (χ0v) is 17.8. The molecular weight excluding hydrogens is 382 g/mol. The van der Waals surface area contributed by atoms with E-state index in [1.807, 2.05) is 23.1 Å². The van der Waals surface area contributed by atoms with E-state index in [0.29, 0.717) is 25.9 Å². The lowest BCUT2D eigenvalue weighted by Gasteiger charge is -2.36. The lowest BCUT2D eigenvalue weighted by molar-refractivity contribution is -0.135. The normalized spacial score (nSPS) is 24.9. The van der Waals surface area contributed by atoms with Crippen LogP contribution in [0.25, 0.3) is 11.0 Å². The van der Waals surface area contributed by atoms with E-state index in [1.54, 1.807) is 11.9 Å². The minimum atomic E-state index is -0.634. The van der Waals surface area contributed by atoms with E-state index in [4.69, 9.17) is 4.98 Å². The molecule has 3 atom stereocenters. The Morgan fingerprint density at radius 2 is 2.13 bits per heavy atom. The van der Waals surface area contributed by atoms with Crippen LogP contribution in [0.5, 0.6) is 0 Å². The molecule has 0 unspecified atom stereocenters. The number of amides is 2. The SMILES string of the molecule is CCn1c(CCC(=O)N(C)[C@@H]2CC[C@@H](N3CCNC(=O)C3)[C@@H]2O)nc2ccccc21. The third kappa shape index (κ3) is 3.94. The van der Waals surface area contributed by atoms with Crippen molar-refractivity contribution in [2.45, 2.75) is 57.3 Å². The second-order valence-corrected chi connectivity index (χ2v) is 8.29. The number of aromatic nitrogens is 2. The van der Waals surface area contributed by atoms with Gasteiger partial charge in [-0.05, 0) is 31.9 Å². The van der Waals surface area contributed by atoms with E-state index in [1.165, 1.54) is 0 Å². The van der Waals surface area contributed by atoms with Gasteiger partial charge >= 0.3 is 0 Å². The van der Waals surface area contributed by atoms with E-state index in [9.17, 15) is 14.7 Å². The average Bonchev–Trinajstić information content (AvgIpc) is 3.31. The summed E-state index contributed by atoms with van der Waals surface area (Å²) in [6.07, 6.45) is 1.84. The first-order chi connectivity index (χ1) is 14.5. The summed E-state index contributed by atoms with van der Waals surface area (Å²) in [6, 6.07) is 7.75. The molecule has 1 saturated heterocycles. The Morgan fingerprint density at radius 3 is 2.90 bits per heavy atom. The number of carbonyl (C=O) groups is 2. The number of aliphatic hydroxyl groups is 1. The summed E-state index contributed by atoms with van der Waals surface area (Å²) in [5.74, 6) is 0.940. The van der Waals surface area contributed by atoms with Gasteiger partial charge in [0.1, 0.15) is 5.82 Å². The molecule has 0 radical (unpaired) electrons. The summed E-state index contributed by atoms with van der Waals surface area (Å²) in [5, 5.41) is 13.7. The molecule has 1 saturated carbocycles. The smallest absolute Gasteiger partial charge is 0.234 e. The van der Waals surface area contributed by atoms with Gasteiger partial charge in [0.15, 0.2) is 0 Å². The Labute approximate surface area is 176 Å². The molecule has 2 aliphatic rings. The van der Waals surface area contributed by atoms with Gasteiger partial charge in [0.25, 0.3) is 0 Å². The lowest BCUT2D eigenvalue weighted by atomic mass is 10.1. The van der Waals surface area contributed by atoms with Crippen molar-refractivity contribution in [3.05, 3.63) is 30.1 Å². The molecule has 1 aliphatic carbocycles. The van der Waals surface area contributed by atoms with Gasteiger partial charge in [0.05, 0.1) is 29.7 Å². The number of nitrogens with one attached hydrogen (secondary N) is 1. The largest absolute Gasteiger partial charge is 0.389 e. The van der Waals surface area contributed by atoms with Gasteiger partial charge in [-0.1, -0.05) is 12.1 Å². The maximum Gasteiger partial charge on any atom is 0.234 e. The van der Waals surface area contributed by atoms with Crippen LogP contribution in [0.3, 0.4) is 0 Å². The highest BCUT2D eigenvalue weighted by molar-refractivity contribution is 5.79. The van der Waals surface area contributed by atoms with Crippen LogP contribution in [0.1, 0.15) is 32.0 Å². The Morgan fingerprint density at radius 1 is 1.33 bits per heavy atom. The number of nitrogens with zero attached hydrogens (tertiary/aromatic N) is 4. The summed E-state index contributed by atoms with van der Waals surface area (Å²) >= 11 is 0. The summed E-state index contributed by atoms with van der Waals surface area (Å²) in [7, 11) is 1.78. The van der Waals surface area contributed by atoms with Crippen molar-refractivity contribution in [3.8, 4) is 0 Å². The molecule has 30 heavy (non-hydrogen) atoms. The van der Waals surface area contributed by atoms with Gasteiger partial charge in [0, 0.05) is 45.6 Å². The number of aliphatic hydroxyl groups excluding tert-OH is 1. The Balaban J connectivity index is 1.38. The van der Waals surface area contributed by atoms with E-state index >= 15 is 0 Å². The van der Waals surface area contributed by atoms with Crippen LogP contribution in [0.2, 0.25) is 0 Å². The van der Waals surface area contributed by atoms with Crippen molar-refractivity contribution in [2.75, 3.05) is 26.7 Å². The highest BCUT2D eigenvalue weighted by Crippen LogP contribution is 2.29. The number of rotatable bonds is 6. The second kappa shape index (κ2) is 8.73. The van der Waals surface area contributed by atoms with Gasteiger partial charge < -0.3 is 19.9 Å². The predicted molar refractivity (Wildman–Crippen MR) is 114 cm³/mol. The number of carbonyl (C=O) groups excluding carboxylic acids is 2. The standard InChI is InChI=1S/C22H31N5O3/c1-3-27-16-7-5-4-6-15(16)24-19(27)10-11-21(29)25(2)17-8-9-18(22(17)30)26-13-12-23-20(28)14-26/h4-7,17-18,22,30H,3,8-14H2,1-2H3,(H,23,28)/t17-,18-,22-/m1/s1. The Bertz CT molecular complexity index is 927. The fourth-order valence-corrected chi connectivity index (χ4v) is 4.95. The van der Waals surface area contributed by atoms with E-state index in [0.717, 1.165) is 42.8 Å². The number of imidazole rings is 1. The van der Waals surface area contributed by atoms with Gasteiger partial charge in [-0.2, -0.15) is 0 Å². The van der Waals surface area contributed by atoms with Gasteiger partial charge in [0.2, 0.25) is 11.8 Å². The molecule has 2 amide bonds. The molecule has 1 aromatic carbocycles. The maximum absolute atomic E-state index is 12.9. The second-order valence-electron chi connectivity index (χ2n) is 8.29. The van der Waals surface area contributed by atoms with Crippen LogP contribution in [0, 0.1) is 0 Å². The number of para-hydroxylation sites is 2. The number of hydrogen-bond donors (Lipinski definition) is 2. The third-order valence-electron chi connectivity index (χ3n) is 6.59. The minimum Gasteiger partial charge on any atom is -0.389 e. The van der Waals surface area contributed by atoms with E-state index in [2.05, 4.69) is 22.9 Å². The van der Waals surface area contributed by atoms with E-state index < -0.39 is 6.10 Å². The number of aryl methyl sites for hydroxylation is 2. The fraction of sp³-hybridized carbons (Fsp3) is 0.591. The highest BCUT2D eigenvalue weighted by atomic mass is 16.3. The molecule has 8 nitrogen and oxygen atoms in total. The number of likely N-dealkylation sites (N-methyl/N-ethyl adjacent to an activating group) is 1. The van der Waals surface area contributed by atoms with Gasteiger partial charge in [-0.3, -0.25) is 14.5 Å². The number of piperazine rings is 1. The molecule has 2 heterocycles. The maximum atomic E-state index is 12.9. The zero-order chi connectivity index (χ0) is 21.3. The molecule has 2 fully saturated rings. The molecule has 1 aliphatic heterocycles. The molecule has 0 bridgehead atoms. The molecule has 8 heteroatoms. The predicted octanol–water partition coefficient (Wildman–Crippen LogP) is 0.771. The van der Waals surface area contributed by atoms with Crippen LogP contribution in [-0.2, 0) is 22.6 Å². The Hall–Kier alpha value is -2.45. The summed E-state index contributed by atoms with van der Waals surface area (Å²) < 4.78 is 2.16. The average molecular weight is 414 g/mol. The van der Waals surface area contributed by atoms with Crippen LogP contribution in [0.15, 0.2) is 24.3 Å². The molecule has 4 rings (SSSR count). The van der Waals surface area contributed by atoms with Gasteiger partial charge in [-0.25, -0.2) is 4.98 Å². The van der Waals surface area contributed by atoms with E-state index in [-0.39, 0.29) is 23.9 Å². The topological polar surface area (TPSA) is 90.7 Å². The van der Waals surface area contributed by atoms with Crippen molar-refractivity contribution >= 4 is 22.8 Å². The Kier molecular flexibility index (Phi) is 6.06. The van der Waals surface area contributed by atoms with Crippen molar-refractivity contribution in [1.29, 1.82) is 0 Å². The van der Waals surface area contributed by atoms with Crippen LogP contribution in [-0.4, -0.2) is 81.1 Å². The first kappa shape index (κ1) is 20.8. The fourth-order valence-electron chi connectivity index (χ4n) is 4.95. The van der Waals surface area contributed by atoms with Crippen molar-refractivity contribution in [2.24, 2.45) is 0 Å². The highest BCUT2D eigenvalue weighted by Gasteiger charge is 2.42. The molecule has 1 aromatic heterocycles. The van der Waals surface area contributed by atoms with Crippen LogP contribution >= 0.6 is 0 Å². The van der Waals surface area contributed by atoms with Crippen molar-refractivity contribution in [3.63, 3.8) is 0 Å². The third-order valence-corrected chi connectivity index (χ3v) is 6.59. The summed E-state index contributed by atoms with van der Waals surface area (Å²) in [5.41, 5.74) is 2.05. The van der Waals surface area contributed by atoms with Crippen molar-refractivity contribution in [1.82, 2.24) is 24.7 Å². The number of benzene rings is 1. The van der Waals surface area contributed by atoms with Crippen LogP contribution in [0.4, 0.5) is 0 Å². The minimum absolute atomic E-state index is 0.000133. The molecule has 162 valence electrons. The van der Waals surface area contributed by atoms with Crippen LogP contribution < -0.4 is 5.32 Å². The monoisotopic (exact) mass is 413 g/mol. The van der Waals surface area contributed by atoms with Gasteiger partial charge in [-0.15, -0.1) is 0 Å². The first-order valence-corrected chi connectivity index (χ1v) is 10.9. The first-order valence-electron chi connectivity index (χ1n) is 10.9. The molecule has 2 aromatic rings. The molecular formula is C22H31N5O3. The quantitative estimate of drug-likeness (QED) is 0.730. The molecule has 0 spiro atoms. The number of hydrogen-bond acceptors (Lipinski definition) is 5. The van der Waals surface area contributed by atoms with Crippen molar-refractivity contribution < 1.29 is 14.7 Å². The lowest BCUT2D eigenvalue weighted by Crippen LogP contribution is -2.55. The summed E-state index contributed by atoms with van der Waals surface area (Å²) in [4.78, 5) is 33.0.